The molecule has 0 spiro atoms. The molecule has 0 bridgehead atoms. The third-order valence-electron chi connectivity index (χ3n) is 6.28. The Kier molecular flexibility index (Phi) is 6.98. The number of carbonyl (C=O) groups excluding carboxylic acids is 3. The molecule has 5 rings (SSSR count). The summed E-state index contributed by atoms with van der Waals surface area (Å²) in [5, 5.41) is 21.6. The van der Waals surface area contributed by atoms with E-state index in [4.69, 9.17) is 4.74 Å². The van der Waals surface area contributed by atoms with Gasteiger partial charge < -0.3 is 20.3 Å². The Morgan fingerprint density at radius 2 is 1.57 bits per heavy atom. The summed E-state index contributed by atoms with van der Waals surface area (Å²) in [5.41, 5.74) is 2.24. The van der Waals surface area contributed by atoms with Gasteiger partial charge in [-0.2, -0.15) is 0 Å². The molecule has 2 aliphatic rings. The van der Waals surface area contributed by atoms with Gasteiger partial charge in [-0.1, -0.05) is 60.7 Å². The molecule has 0 aromatic heterocycles. The average molecular weight is 517 g/mol. The Balaban J connectivity index is 1.38. The number of hydrogen-bond donors (Lipinski definition) is 3. The molecule has 37 heavy (non-hydrogen) atoms. The van der Waals surface area contributed by atoms with Gasteiger partial charge in [-0.15, -0.1) is 11.8 Å². The number of aromatic hydroxyl groups is 1. The fourth-order valence-electron chi connectivity index (χ4n) is 4.38. The summed E-state index contributed by atoms with van der Waals surface area (Å²) >= 11 is 1.35. The molecule has 0 saturated carbocycles. The smallest absolute Gasteiger partial charge is 0.356 e. The molecule has 3 N–H and O–H groups in total. The van der Waals surface area contributed by atoms with Crippen LogP contribution in [0.4, 0.5) is 0 Å². The van der Waals surface area contributed by atoms with Crippen LogP contribution >= 0.6 is 11.8 Å². The largest absolute Gasteiger partial charge is 0.508 e. The number of benzene rings is 3. The molecule has 0 radical (unpaired) electrons. The molecule has 3 aromatic rings. The van der Waals surface area contributed by atoms with E-state index in [1.54, 1.807) is 0 Å². The first-order valence-electron chi connectivity index (χ1n) is 11.7. The highest BCUT2D eigenvalue weighted by Crippen LogP contribution is 2.41. The first-order valence-corrected chi connectivity index (χ1v) is 12.7. The minimum atomic E-state index is -0.839. The Hall–Kier alpha value is -4.08. The first kappa shape index (κ1) is 24.6. The second kappa shape index (κ2) is 10.5. The monoisotopic (exact) mass is 516 g/mol. The van der Waals surface area contributed by atoms with Crippen LogP contribution in [0.15, 0.2) is 96.2 Å². The summed E-state index contributed by atoms with van der Waals surface area (Å²) in [6.45, 7) is -0.403. The van der Waals surface area contributed by atoms with Gasteiger partial charge in [-0.05, 0) is 41.0 Å². The van der Waals surface area contributed by atoms with E-state index in [0.29, 0.717) is 16.9 Å². The van der Waals surface area contributed by atoms with E-state index in [0.717, 1.165) is 11.1 Å². The van der Waals surface area contributed by atoms with Crippen molar-refractivity contribution < 1.29 is 29.3 Å². The minimum absolute atomic E-state index is 0.0169. The third-order valence-corrected chi connectivity index (χ3v) is 7.62. The molecular formula is C28H24N2O6S. The van der Waals surface area contributed by atoms with Crippen molar-refractivity contribution in [1.29, 1.82) is 0 Å². The fourth-order valence-corrected chi connectivity index (χ4v) is 5.71. The molecule has 8 nitrogen and oxygen atoms in total. The molecular weight excluding hydrogens is 492 g/mol. The fraction of sp³-hybridized carbons (Fsp3) is 0.179. The van der Waals surface area contributed by atoms with Gasteiger partial charge in [0.25, 0.3) is 11.8 Å². The number of thioether (sulfide) groups is 1. The third kappa shape index (κ3) is 4.83. The van der Waals surface area contributed by atoms with E-state index in [-0.39, 0.29) is 11.4 Å². The number of nitrogens with one attached hydrogen (secondary N) is 1. The maximum Gasteiger partial charge on any atom is 0.356 e. The average Bonchev–Trinajstić information content (AvgIpc) is 2.94. The van der Waals surface area contributed by atoms with Crippen LogP contribution in [0.1, 0.15) is 27.6 Å². The summed E-state index contributed by atoms with van der Waals surface area (Å²) in [6, 6.07) is 23.4. The number of esters is 1. The van der Waals surface area contributed by atoms with Crippen LogP contribution in [-0.4, -0.2) is 56.7 Å². The number of nitrogens with zero attached hydrogens (tertiary/aromatic N) is 1. The van der Waals surface area contributed by atoms with Crippen molar-refractivity contribution in [2.45, 2.75) is 17.5 Å². The second-order valence-corrected chi connectivity index (χ2v) is 9.73. The zero-order valence-electron chi connectivity index (χ0n) is 19.6. The van der Waals surface area contributed by atoms with Gasteiger partial charge >= 0.3 is 5.97 Å². The number of β-lactam (4-membered cyclic amide) rings is 1. The van der Waals surface area contributed by atoms with Gasteiger partial charge in [0.1, 0.15) is 22.9 Å². The lowest BCUT2D eigenvalue weighted by Crippen LogP contribution is -2.70. The van der Waals surface area contributed by atoms with Gasteiger partial charge in [0.15, 0.2) is 6.10 Å². The Labute approximate surface area is 217 Å². The molecule has 0 unspecified atom stereocenters. The predicted molar refractivity (Wildman–Crippen MR) is 137 cm³/mol. The van der Waals surface area contributed by atoms with Crippen molar-refractivity contribution in [3.8, 4) is 5.75 Å². The number of phenolic OH excluding ortho intramolecular Hbond substituents is 1. The lowest BCUT2D eigenvalue weighted by molar-refractivity contribution is -0.153. The van der Waals surface area contributed by atoms with Crippen molar-refractivity contribution in [1.82, 2.24) is 10.2 Å². The van der Waals surface area contributed by atoms with Crippen molar-refractivity contribution in [2.24, 2.45) is 0 Å². The van der Waals surface area contributed by atoms with Crippen LogP contribution in [0.5, 0.6) is 5.75 Å². The Bertz CT molecular complexity index is 1300. The maximum atomic E-state index is 13.5. The SMILES string of the molecule is O=C(OC(c1ccccc1)c1ccccc1)C1=C(CO)CS[C@@H]2[C@@H](NC(=O)c3ccc(O)cc3)C(=O)N12. The van der Waals surface area contributed by atoms with Crippen LogP contribution in [0.3, 0.4) is 0 Å². The Morgan fingerprint density at radius 3 is 2.14 bits per heavy atom. The topological polar surface area (TPSA) is 116 Å². The van der Waals surface area contributed by atoms with Crippen molar-refractivity contribution in [2.75, 3.05) is 12.4 Å². The van der Waals surface area contributed by atoms with Gasteiger partial charge in [0.05, 0.1) is 6.61 Å². The van der Waals surface area contributed by atoms with E-state index in [1.807, 2.05) is 60.7 Å². The number of aliphatic hydroxyl groups is 1. The van der Waals surface area contributed by atoms with Gasteiger partial charge in [0.2, 0.25) is 0 Å². The van der Waals surface area contributed by atoms with E-state index in [1.165, 1.54) is 40.9 Å². The molecule has 3 aromatic carbocycles. The van der Waals surface area contributed by atoms with Crippen LogP contribution in [-0.2, 0) is 14.3 Å². The van der Waals surface area contributed by atoms with Gasteiger partial charge in [-0.3, -0.25) is 14.5 Å². The highest BCUT2D eigenvalue weighted by molar-refractivity contribution is 8.00. The first-order chi connectivity index (χ1) is 18.0. The Morgan fingerprint density at radius 1 is 0.973 bits per heavy atom. The van der Waals surface area contributed by atoms with E-state index in [9.17, 15) is 24.6 Å². The number of amides is 2. The predicted octanol–water partition coefficient (Wildman–Crippen LogP) is 2.98. The lowest BCUT2D eigenvalue weighted by atomic mass is 10.0. The zero-order valence-corrected chi connectivity index (χ0v) is 20.4. The number of aliphatic hydroxyl groups excluding tert-OH is 1. The standard InChI is InChI=1S/C28H24N2O6S/c31-15-20-16-37-27-22(29-25(33)19-11-13-21(32)14-12-19)26(34)30(27)23(20)28(35)36-24(17-7-3-1-4-8-17)18-9-5-2-6-10-18/h1-14,22,24,27,31-32H,15-16H2,(H,29,33)/t22-,27+/m0/s1. The van der Waals surface area contributed by atoms with E-state index < -0.39 is 41.9 Å². The number of phenols is 1. The lowest BCUT2D eigenvalue weighted by Gasteiger charge is -2.49. The summed E-state index contributed by atoms with van der Waals surface area (Å²) < 4.78 is 5.97. The molecule has 2 atom stereocenters. The number of hydrogen-bond acceptors (Lipinski definition) is 7. The van der Waals surface area contributed by atoms with E-state index in [2.05, 4.69) is 5.32 Å². The van der Waals surface area contributed by atoms with Crippen molar-refractivity contribution in [3.05, 3.63) is 113 Å². The van der Waals surface area contributed by atoms with Crippen LogP contribution in [0.25, 0.3) is 0 Å². The zero-order chi connectivity index (χ0) is 25.9. The molecule has 2 heterocycles. The van der Waals surface area contributed by atoms with Crippen molar-refractivity contribution in [3.63, 3.8) is 0 Å². The molecule has 0 aliphatic carbocycles. The quantitative estimate of drug-likeness (QED) is 0.327. The number of ether oxygens (including phenoxy) is 1. The van der Waals surface area contributed by atoms with Gasteiger partial charge in [-0.25, -0.2) is 4.79 Å². The van der Waals surface area contributed by atoms with Gasteiger partial charge in [0, 0.05) is 11.3 Å². The van der Waals surface area contributed by atoms with E-state index >= 15 is 0 Å². The van der Waals surface area contributed by atoms with Crippen LogP contribution in [0.2, 0.25) is 0 Å². The highest BCUT2D eigenvalue weighted by atomic mass is 32.2. The van der Waals surface area contributed by atoms with Crippen LogP contribution < -0.4 is 5.32 Å². The minimum Gasteiger partial charge on any atom is -0.508 e. The highest BCUT2D eigenvalue weighted by Gasteiger charge is 2.54. The summed E-state index contributed by atoms with van der Waals surface area (Å²) in [7, 11) is 0. The molecule has 2 aliphatic heterocycles. The number of rotatable bonds is 7. The summed E-state index contributed by atoms with van der Waals surface area (Å²) in [5.74, 6) is -1.31. The summed E-state index contributed by atoms with van der Waals surface area (Å²) in [4.78, 5) is 40.7. The maximum absolute atomic E-state index is 13.5. The molecule has 1 fully saturated rings. The second-order valence-electron chi connectivity index (χ2n) is 8.62. The molecule has 188 valence electrons. The molecule has 1 saturated heterocycles. The van der Waals surface area contributed by atoms with Crippen molar-refractivity contribution >= 4 is 29.5 Å². The van der Waals surface area contributed by atoms with Crippen LogP contribution in [0, 0.1) is 0 Å². The molecule has 2 amide bonds. The summed E-state index contributed by atoms with van der Waals surface area (Å²) in [6.07, 6.45) is -0.711. The number of carbonyl (C=O) groups is 3. The number of fused-ring (bicyclic) bond motifs is 1. The normalized spacial score (nSPS) is 18.8. The molecule has 9 heteroatoms.